The van der Waals surface area contributed by atoms with Crippen LogP contribution in [-0.2, 0) is 0 Å². The van der Waals surface area contributed by atoms with Crippen molar-refractivity contribution in [2.45, 2.75) is 46.0 Å². The number of aryl methyl sites for hydroxylation is 1. The molecule has 7 aromatic carbocycles. The first-order valence-electron chi connectivity index (χ1n) is 17.7. The molecule has 0 saturated carbocycles. The summed E-state index contributed by atoms with van der Waals surface area (Å²) in [6.07, 6.45) is 3.03. The summed E-state index contributed by atoms with van der Waals surface area (Å²) in [7, 11) is 0. The monoisotopic (exact) mass is 633 g/mol. The van der Waals surface area contributed by atoms with E-state index in [1.165, 1.54) is 71.1 Å². The van der Waals surface area contributed by atoms with E-state index in [2.05, 4.69) is 148 Å². The summed E-state index contributed by atoms with van der Waals surface area (Å²) in [5.74, 6) is 0.555. The summed E-state index contributed by atoms with van der Waals surface area (Å²) in [6.45, 7) is 6.84. The quantitative estimate of drug-likeness (QED) is 0.177. The minimum Gasteiger partial charge on any atom is -0.456 e. The molecule has 1 aromatic heterocycles. The third kappa shape index (κ3) is 4.97. The number of para-hydroxylation sites is 1. The molecule has 0 amide bonds. The van der Waals surface area contributed by atoms with Crippen LogP contribution in [0, 0.1) is 12.8 Å². The highest BCUT2D eigenvalue weighted by atomic mass is 16.3. The highest BCUT2D eigenvalue weighted by molar-refractivity contribution is 6.20. The van der Waals surface area contributed by atoms with E-state index in [1.807, 2.05) is 6.07 Å². The van der Waals surface area contributed by atoms with Crippen LogP contribution >= 0.6 is 0 Å². The molecule has 0 N–H and O–H groups in total. The standard InChI is InChI=1S/C47H39NO/c1-4-36-38(34-23-22-31-13-5-6-14-32(31)26-34)24-21-29(2)46(35-25-30(3)45-41-19-11-12-20-43(41)49-44(45)28-35)48-47(36)42-27-33-15-7-8-16-37(33)39-17-9-10-18-40(39)42/h5-20,22-23,25-28,36,38H,4,21,24H2,1-3H3/b46-29+,48-47?. The van der Waals surface area contributed by atoms with Crippen molar-refractivity contribution in [1.82, 2.24) is 0 Å². The fourth-order valence-corrected chi connectivity index (χ4v) is 8.53. The van der Waals surface area contributed by atoms with Gasteiger partial charge in [0.1, 0.15) is 11.2 Å². The lowest BCUT2D eigenvalue weighted by molar-refractivity contribution is 0.486. The van der Waals surface area contributed by atoms with E-state index in [4.69, 9.17) is 9.41 Å². The molecule has 2 heteroatoms. The summed E-state index contributed by atoms with van der Waals surface area (Å²) < 4.78 is 6.45. The Bertz CT molecular complexity index is 2630. The van der Waals surface area contributed by atoms with Gasteiger partial charge in [0, 0.05) is 27.8 Å². The SMILES string of the molecule is CCC1C(c2cc3ccccc3c3ccccc23)=N/C(c2cc(C)c3c(c2)oc2ccccc23)=C(\C)CCC1c1ccc2ccccc2c1. The van der Waals surface area contributed by atoms with Crippen LogP contribution in [0.25, 0.3) is 60.0 Å². The highest BCUT2D eigenvalue weighted by Gasteiger charge is 2.31. The number of hydrogen-bond acceptors (Lipinski definition) is 2. The third-order valence-corrected chi connectivity index (χ3v) is 10.9. The topological polar surface area (TPSA) is 25.5 Å². The first kappa shape index (κ1) is 29.7. The van der Waals surface area contributed by atoms with Gasteiger partial charge in [0.2, 0.25) is 0 Å². The van der Waals surface area contributed by atoms with Crippen molar-refractivity contribution < 1.29 is 4.42 Å². The van der Waals surface area contributed by atoms with Crippen molar-refractivity contribution in [2.24, 2.45) is 10.9 Å². The second-order valence-corrected chi connectivity index (χ2v) is 13.8. The van der Waals surface area contributed by atoms with Crippen LogP contribution in [0.5, 0.6) is 0 Å². The maximum atomic E-state index is 6.45. The van der Waals surface area contributed by atoms with Gasteiger partial charge in [0.05, 0.1) is 11.4 Å². The van der Waals surface area contributed by atoms with E-state index in [-0.39, 0.29) is 5.92 Å². The molecule has 238 valence electrons. The predicted octanol–water partition coefficient (Wildman–Crippen LogP) is 13.2. The molecule has 2 heterocycles. The fraction of sp³-hybridized carbons (Fsp3) is 0.170. The van der Waals surface area contributed by atoms with Crippen molar-refractivity contribution in [2.75, 3.05) is 0 Å². The number of benzene rings is 7. The Hall–Kier alpha value is -5.47. The Labute approximate surface area is 287 Å². The number of aliphatic imine (C=N–C) groups is 1. The Morgan fingerprint density at radius 1 is 0.633 bits per heavy atom. The van der Waals surface area contributed by atoms with Crippen LogP contribution in [0.2, 0.25) is 0 Å². The zero-order chi connectivity index (χ0) is 33.1. The summed E-state index contributed by atoms with van der Waals surface area (Å²) in [5.41, 5.74) is 10.4. The Morgan fingerprint density at radius 3 is 2.14 bits per heavy atom. The molecule has 0 saturated heterocycles. The molecule has 8 aromatic rings. The molecule has 2 atom stereocenters. The highest BCUT2D eigenvalue weighted by Crippen LogP contribution is 2.43. The molecule has 9 rings (SSSR count). The van der Waals surface area contributed by atoms with Crippen LogP contribution < -0.4 is 0 Å². The van der Waals surface area contributed by atoms with Crippen LogP contribution in [0.15, 0.2) is 148 Å². The predicted molar refractivity (Wildman–Crippen MR) is 209 cm³/mol. The number of fused-ring (bicyclic) bond motifs is 7. The normalized spacial score (nSPS) is 18.7. The van der Waals surface area contributed by atoms with Gasteiger partial charge in [-0.3, -0.25) is 4.99 Å². The van der Waals surface area contributed by atoms with Gasteiger partial charge in [-0.25, -0.2) is 0 Å². The lowest BCUT2D eigenvalue weighted by Gasteiger charge is -2.32. The minimum absolute atomic E-state index is 0.227. The summed E-state index contributed by atoms with van der Waals surface area (Å²) in [6, 6.07) is 48.8. The maximum Gasteiger partial charge on any atom is 0.136 e. The van der Waals surface area contributed by atoms with E-state index in [0.717, 1.165) is 41.7 Å². The fourth-order valence-electron chi connectivity index (χ4n) is 8.53. The Morgan fingerprint density at radius 2 is 1.33 bits per heavy atom. The zero-order valence-corrected chi connectivity index (χ0v) is 28.3. The van der Waals surface area contributed by atoms with Gasteiger partial charge in [0.15, 0.2) is 0 Å². The van der Waals surface area contributed by atoms with E-state index in [9.17, 15) is 0 Å². The Balaban J connectivity index is 1.31. The number of nitrogens with zero attached hydrogens (tertiary/aromatic N) is 1. The smallest absolute Gasteiger partial charge is 0.136 e. The Kier molecular flexibility index (Phi) is 7.20. The van der Waals surface area contributed by atoms with Crippen molar-refractivity contribution in [3.63, 3.8) is 0 Å². The number of hydrogen-bond donors (Lipinski definition) is 0. The van der Waals surface area contributed by atoms with Gasteiger partial charge in [-0.2, -0.15) is 0 Å². The lowest BCUT2D eigenvalue weighted by atomic mass is 9.74. The minimum atomic E-state index is 0.227. The van der Waals surface area contributed by atoms with E-state index >= 15 is 0 Å². The molecule has 2 unspecified atom stereocenters. The lowest BCUT2D eigenvalue weighted by Crippen LogP contribution is -2.25. The molecule has 1 aliphatic rings. The van der Waals surface area contributed by atoms with Crippen LogP contribution in [0.4, 0.5) is 0 Å². The molecule has 2 nitrogen and oxygen atoms in total. The van der Waals surface area contributed by atoms with Gasteiger partial charge in [-0.15, -0.1) is 0 Å². The molecule has 0 fully saturated rings. The third-order valence-electron chi connectivity index (χ3n) is 10.9. The van der Waals surface area contributed by atoms with Crippen molar-refractivity contribution >= 4 is 65.7 Å². The molecule has 0 bridgehead atoms. The van der Waals surface area contributed by atoms with Crippen LogP contribution in [0.3, 0.4) is 0 Å². The molecular formula is C47H39NO. The second kappa shape index (κ2) is 11.9. The maximum absolute atomic E-state index is 6.45. The van der Waals surface area contributed by atoms with Gasteiger partial charge in [0.25, 0.3) is 0 Å². The summed E-state index contributed by atoms with van der Waals surface area (Å²) >= 11 is 0. The van der Waals surface area contributed by atoms with Crippen LogP contribution in [0.1, 0.15) is 61.3 Å². The van der Waals surface area contributed by atoms with E-state index < -0.39 is 0 Å². The van der Waals surface area contributed by atoms with Crippen LogP contribution in [-0.4, -0.2) is 5.71 Å². The second-order valence-electron chi connectivity index (χ2n) is 13.8. The first-order valence-corrected chi connectivity index (χ1v) is 17.7. The average molecular weight is 634 g/mol. The summed E-state index contributed by atoms with van der Waals surface area (Å²) in [4.78, 5) is 5.86. The first-order chi connectivity index (χ1) is 24.1. The van der Waals surface area contributed by atoms with Crippen molar-refractivity contribution in [1.29, 1.82) is 0 Å². The number of allylic oxidation sites excluding steroid dienone is 1. The largest absolute Gasteiger partial charge is 0.456 e. The van der Waals surface area contributed by atoms with Crippen molar-refractivity contribution in [3.05, 3.63) is 161 Å². The van der Waals surface area contributed by atoms with Crippen molar-refractivity contribution in [3.8, 4) is 0 Å². The average Bonchev–Trinajstić information content (AvgIpc) is 3.52. The zero-order valence-electron chi connectivity index (χ0n) is 28.3. The molecule has 0 spiro atoms. The van der Waals surface area contributed by atoms with E-state index in [0.29, 0.717) is 5.92 Å². The molecule has 1 aliphatic heterocycles. The molecule has 0 aliphatic carbocycles. The number of furan rings is 1. The van der Waals surface area contributed by atoms with Gasteiger partial charge in [-0.05, 0) is 112 Å². The molecule has 0 radical (unpaired) electrons. The van der Waals surface area contributed by atoms with Gasteiger partial charge in [-0.1, -0.05) is 116 Å². The molecule has 49 heavy (non-hydrogen) atoms. The number of rotatable bonds is 4. The van der Waals surface area contributed by atoms with Gasteiger partial charge < -0.3 is 4.42 Å². The summed E-state index contributed by atoms with van der Waals surface area (Å²) in [5, 5.41) is 10.0. The molecular weight excluding hydrogens is 595 g/mol. The van der Waals surface area contributed by atoms with E-state index in [1.54, 1.807) is 0 Å². The van der Waals surface area contributed by atoms with Gasteiger partial charge >= 0.3 is 0 Å².